The van der Waals surface area contributed by atoms with Crippen LogP contribution in [0.4, 0.5) is 0 Å². The van der Waals surface area contributed by atoms with Crippen molar-refractivity contribution in [3.05, 3.63) is 124 Å². The van der Waals surface area contributed by atoms with Crippen molar-refractivity contribution in [3.8, 4) is 0 Å². The number of carbonyl (C=O) groups excluding carboxylic acids is 1. The van der Waals surface area contributed by atoms with Crippen LogP contribution in [0.2, 0.25) is 18.1 Å². The van der Waals surface area contributed by atoms with Crippen molar-refractivity contribution in [2.24, 2.45) is 5.92 Å². The molecule has 0 amide bonds. The molecule has 37 heavy (non-hydrogen) atoms. The van der Waals surface area contributed by atoms with Gasteiger partial charge in [-0.15, -0.1) is 0 Å². The van der Waals surface area contributed by atoms with E-state index in [-0.39, 0.29) is 5.04 Å². The van der Waals surface area contributed by atoms with Gasteiger partial charge in [-0.3, -0.25) is 0 Å². The topological polar surface area (TPSA) is 35.5 Å². The molecule has 3 aromatic rings. The fourth-order valence-electron chi connectivity index (χ4n) is 3.94. The van der Waals surface area contributed by atoms with Gasteiger partial charge in [-0.05, 0) is 46.5 Å². The predicted molar refractivity (Wildman–Crippen MR) is 160 cm³/mol. The number of esters is 1. The Labute approximate surface area is 231 Å². The number of halogens is 1. The van der Waals surface area contributed by atoms with Crippen LogP contribution in [-0.2, 0) is 14.0 Å². The molecule has 5 heteroatoms. The zero-order chi connectivity index (χ0) is 27.2. The molecule has 0 aliphatic carbocycles. The Morgan fingerprint density at radius 2 is 1.38 bits per heavy atom. The Bertz CT molecular complexity index is 1200. The van der Waals surface area contributed by atoms with Gasteiger partial charge in [0.15, 0.2) is 8.32 Å². The van der Waals surface area contributed by atoms with Crippen LogP contribution in [0.1, 0.15) is 43.6 Å². The Balaban J connectivity index is 2.31. The molecule has 0 N–H and O–H groups in total. The van der Waals surface area contributed by atoms with Crippen LogP contribution in [0.15, 0.2) is 108 Å². The Morgan fingerprint density at radius 3 is 1.84 bits per heavy atom. The van der Waals surface area contributed by atoms with E-state index in [1.807, 2.05) is 54.6 Å². The highest BCUT2D eigenvalue weighted by molar-refractivity contribution is 9.10. The molecule has 3 rings (SSSR count). The Morgan fingerprint density at radius 1 is 0.892 bits per heavy atom. The predicted octanol–water partition coefficient (Wildman–Crippen LogP) is 8.99. The molecule has 2 atom stereocenters. The molecule has 0 saturated heterocycles. The van der Waals surface area contributed by atoms with E-state index in [1.165, 1.54) is 7.11 Å². The van der Waals surface area contributed by atoms with Crippen LogP contribution in [0.3, 0.4) is 0 Å². The first kappa shape index (κ1) is 28.8. The third kappa shape index (κ3) is 6.98. The largest absolute Gasteiger partial charge is 0.466 e. The van der Waals surface area contributed by atoms with Crippen molar-refractivity contribution < 1.29 is 14.0 Å². The van der Waals surface area contributed by atoms with Gasteiger partial charge in [0.05, 0.1) is 13.2 Å². The number of methoxy groups -OCH3 is 1. The molecule has 0 saturated carbocycles. The zero-order valence-electron chi connectivity index (χ0n) is 22.6. The van der Waals surface area contributed by atoms with E-state index in [0.29, 0.717) is 5.57 Å². The van der Waals surface area contributed by atoms with E-state index in [0.717, 1.165) is 26.7 Å². The molecule has 0 aliphatic heterocycles. The molecular formula is C32H37BrO3Si. The van der Waals surface area contributed by atoms with Gasteiger partial charge in [0, 0.05) is 16.0 Å². The van der Waals surface area contributed by atoms with E-state index in [4.69, 9.17) is 9.16 Å². The minimum atomic E-state index is -2.28. The summed E-state index contributed by atoms with van der Waals surface area (Å²) in [7, 11) is -0.886. The van der Waals surface area contributed by atoms with Gasteiger partial charge in [-0.1, -0.05) is 128 Å². The molecule has 0 aromatic heterocycles. The van der Waals surface area contributed by atoms with Crippen LogP contribution >= 0.6 is 15.9 Å². The van der Waals surface area contributed by atoms with Crippen LogP contribution in [0.5, 0.6) is 0 Å². The van der Waals surface area contributed by atoms with Crippen molar-refractivity contribution in [3.63, 3.8) is 0 Å². The molecule has 3 nitrogen and oxygen atoms in total. The zero-order valence-corrected chi connectivity index (χ0v) is 25.2. The van der Waals surface area contributed by atoms with E-state index in [1.54, 1.807) is 0 Å². The summed E-state index contributed by atoms with van der Waals surface area (Å²) < 4.78 is 13.2. The number of rotatable bonds is 9. The van der Waals surface area contributed by atoms with Crippen molar-refractivity contribution in [2.75, 3.05) is 7.11 Å². The van der Waals surface area contributed by atoms with Crippen LogP contribution in [0.25, 0.3) is 5.57 Å². The van der Waals surface area contributed by atoms with Crippen molar-refractivity contribution in [1.82, 2.24) is 0 Å². The standard InChI is InChI=1S/C32H37BrO3Si/c1-23(31(34)35-5)27(22-28(24-16-10-8-11-17-24)25-18-12-9-13-19-25)30(26-20-14-15-21-29(26)33)36-37(6,7)32(2,3)4/h8-22,27,30H,1H2,2-7H3/t27-,30-/m0/s1. The summed E-state index contributed by atoms with van der Waals surface area (Å²) in [5.41, 5.74) is 4.43. The van der Waals surface area contributed by atoms with Crippen molar-refractivity contribution in [2.45, 2.75) is 45.0 Å². The maximum Gasteiger partial charge on any atom is 0.333 e. The maximum atomic E-state index is 13.0. The van der Waals surface area contributed by atoms with Gasteiger partial charge in [-0.25, -0.2) is 4.79 Å². The van der Waals surface area contributed by atoms with Gasteiger partial charge >= 0.3 is 5.97 Å². The lowest BCUT2D eigenvalue weighted by atomic mass is 9.85. The summed E-state index contributed by atoms with van der Waals surface area (Å²) in [6.07, 6.45) is 1.67. The molecule has 0 heterocycles. The molecule has 0 fully saturated rings. The molecule has 194 valence electrons. The summed E-state index contributed by atoms with van der Waals surface area (Å²) >= 11 is 3.75. The highest BCUT2D eigenvalue weighted by Crippen LogP contribution is 2.45. The first-order valence-corrected chi connectivity index (χ1v) is 16.2. The molecular weight excluding hydrogens is 540 g/mol. The first-order chi connectivity index (χ1) is 17.5. The monoisotopic (exact) mass is 576 g/mol. The van der Waals surface area contributed by atoms with Gasteiger partial charge in [0.1, 0.15) is 0 Å². The molecule has 0 spiro atoms. The minimum absolute atomic E-state index is 0.0327. The smallest absolute Gasteiger partial charge is 0.333 e. The Hall–Kier alpha value is -2.73. The van der Waals surface area contributed by atoms with Crippen LogP contribution in [0, 0.1) is 5.92 Å². The summed E-state index contributed by atoms with van der Waals surface area (Å²) in [6, 6.07) is 28.5. The number of carbonyl (C=O) groups is 1. The normalized spacial score (nSPS) is 13.4. The fraction of sp³-hybridized carbons (Fsp3) is 0.281. The van der Waals surface area contributed by atoms with Gasteiger partial charge in [-0.2, -0.15) is 0 Å². The van der Waals surface area contributed by atoms with E-state index >= 15 is 0 Å². The molecule has 0 aliphatic rings. The number of benzene rings is 3. The van der Waals surface area contributed by atoms with E-state index < -0.39 is 26.3 Å². The average molecular weight is 578 g/mol. The van der Waals surface area contributed by atoms with Gasteiger partial charge in [0.2, 0.25) is 0 Å². The van der Waals surface area contributed by atoms with E-state index in [9.17, 15) is 4.79 Å². The lowest BCUT2D eigenvalue weighted by Crippen LogP contribution is -2.43. The van der Waals surface area contributed by atoms with Crippen molar-refractivity contribution >= 4 is 35.8 Å². The molecule has 0 bridgehead atoms. The minimum Gasteiger partial charge on any atom is -0.466 e. The van der Waals surface area contributed by atoms with Gasteiger partial charge < -0.3 is 9.16 Å². The molecule has 0 unspecified atom stereocenters. The molecule has 3 aromatic carbocycles. The Kier molecular flexibility index (Phi) is 9.51. The SMILES string of the molecule is C=C(C(=O)OC)[C@H](C=C(c1ccccc1)c1ccccc1)[C@@H](O[Si](C)(C)C(C)(C)C)c1ccccc1Br. The third-order valence-electron chi connectivity index (χ3n) is 7.13. The van der Waals surface area contributed by atoms with Crippen molar-refractivity contribution in [1.29, 1.82) is 0 Å². The first-order valence-electron chi connectivity index (χ1n) is 12.5. The summed E-state index contributed by atoms with van der Waals surface area (Å²) in [6.45, 7) is 15.3. The van der Waals surface area contributed by atoms with E-state index in [2.05, 4.69) is 92.8 Å². The summed E-state index contributed by atoms with van der Waals surface area (Å²) in [4.78, 5) is 13.0. The third-order valence-corrected chi connectivity index (χ3v) is 12.3. The second kappa shape index (κ2) is 12.2. The number of hydrogen-bond acceptors (Lipinski definition) is 3. The van der Waals surface area contributed by atoms with Crippen LogP contribution < -0.4 is 0 Å². The summed E-state index contributed by atoms with van der Waals surface area (Å²) in [5.74, 6) is -0.923. The average Bonchev–Trinajstić information content (AvgIpc) is 2.88. The van der Waals surface area contributed by atoms with Gasteiger partial charge in [0.25, 0.3) is 0 Å². The number of ether oxygens (including phenoxy) is 1. The molecule has 0 radical (unpaired) electrons. The van der Waals surface area contributed by atoms with Crippen LogP contribution in [-0.4, -0.2) is 21.4 Å². The highest BCUT2D eigenvalue weighted by Gasteiger charge is 2.42. The fourth-order valence-corrected chi connectivity index (χ4v) is 5.71. The quantitative estimate of drug-likeness (QED) is 0.145. The lowest BCUT2D eigenvalue weighted by Gasteiger charge is -2.41. The number of hydrogen-bond donors (Lipinski definition) is 0. The summed E-state index contributed by atoms with van der Waals surface area (Å²) in [5, 5.41) is -0.0327. The second-order valence-electron chi connectivity index (χ2n) is 10.7. The highest BCUT2D eigenvalue weighted by atomic mass is 79.9. The lowest BCUT2D eigenvalue weighted by molar-refractivity contribution is -0.136. The maximum absolute atomic E-state index is 13.0. The second-order valence-corrected chi connectivity index (χ2v) is 16.3.